The van der Waals surface area contributed by atoms with Gasteiger partial charge in [0.25, 0.3) is 0 Å². The molecule has 2 N–H and O–H groups in total. The van der Waals surface area contributed by atoms with Crippen molar-refractivity contribution in [1.82, 2.24) is 14.3 Å². The lowest BCUT2D eigenvalue weighted by atomic mass is 10.2. The molecule has 0 bridgehead atoms. The van der Waals surface area contributed by atoms with Crippen LogP contribution < -0.4 is 4.72 Å². The average molecular weight is 313 g/mol. The number of rotatable bonds is 6. The predicted octanol–water partition coefficient (Wildman–Crippen LogP) is 0.882. The van der Waals surface area contributed by atoms with E-state index in [0.717, 1.165) is 12.1 Å². The second-order valence-electron chi connectivity index (χ2n) is 4.69. The Labute approximate surface area is 122 Å². The lowest BCUT2D eigenvalue weighted by Crippen LogP contribution is -2.35. The SMILES string of the molecule is CC(Cn1ccnc1)NS(=O)(=O)c1ccc(F)c(CO)c1. The second kappa shape index (κ2) is 6.33. The van der Waals surface area contributed by atoms with E-state index in [-0.39, 0.29) is 16.5 Å². The minimum absolute atomic E-state index is 0.0554. The fourth-order valence-corrected chi connectivity index (χ4v) is 3.21. The number of aliphatic hydroxyl groups is 1. The highest BCUT2D eigenvalue weighted by atomic mass is 32.2. The Morgan fingerprint density at radius 3 is 2.86 bits per heavy atom. The number of hydrogen-bond donors (Lipinski definition) is 2. The maximum atomic E-state index is 13.3. The van der Waals surface area contributed by atoms with Crippen LogP contribution in [0.15, 0.2) is 41.8 Å². The Morgan fingerprint density at radius 1 is 1.48 bits per heavy atom. The van der Waals surface area contributed by atoms with Crippen LogP contribution in [0, 0.1) is 5.82 Å². The van der Waals surface area contributed by atoms with E-state index in [1.54, 1.807) is 30.2 Å². The molecule has 0 aliphatic carbocycles. The molecule has 0 aliphatic rings. The molecule has 21 heavy (non-hydrogen) atoms. The molecule has 8 heteroatoms. The summed E-state index contributed by atoms with van der Waals surface area (Å²) in [5.41, 5.74) is -0.0554. The number of nitrogens with one attached hydrogen (secondary N) is 1. The summed E-state index contributed by atoms with van der Waals surface area (Å²) in [5.74, 6) is -0.636. The smallest absolute Gasteiger partial charge is 0.240 e. The number of nitrogens with zero attached hydrogens (tertiary/aromatic N) is 2. The van der Waals surface area contributed by atoms with Crippen molar-refractivity contribution in [2.75, 3.05) is 0 Å². The van der Waals surface area contributed by atoms with E-state index < -0.39 is 22.4 Å². The van der Waals surface area contributed by atoms with E-state index in [1.807, 2.05) is 0 Å². The standard InChI is InChI=1S/C13H16FN3O3S/c1-10(7-17-5-4-15-9-17)16-21(19,20)12-2-3-13(14)11(6-12)8-18/h2-6,9-10,16,18H,7-8H2,1H3. The summed E-state index contributed by atoms with van der Waals surface area (Å²) < 4.78 is 42.0. The zero-order chi connectivity index (χ0) is 15.5. The van der Waals surface area contributed by atoms with Gasteiger partial charge in [0, 0.05) is 30.5 Å². The Bertz CT molecular complexity index is 701. The first kappa shape index (κ1) is 15.6. The van der Waals surface area contributed by atoms with Crippen molar-refractivity contribution in [2.24, 2.45) is 0 Å². The fraction of sp³-hybridized carbons (Fsp3) is 0.308. The zero-order valence-corrected chi connectivity index (χ0v) is 12.2. The van der Waals surface area contributed by atoms with Crippen LogP contribution in [0.2, 0.25) is 0 Å². The third kappa shape index (κ3) is 3.87. The third-order valence-electron chi connectivity index (χ3n) is 2.90. The van der Waals surface area contributed by atoms with Crippen molar-refractivity contribution in [1.29, 1.82) is 0 Å². The van der Waals surface area contributed by atoms with Crippen LogP contribution in [0.1, 0.15) is 12.5 Å². The highest BCUT2D eigenvalue weighted by Crippen LogP contribution is 2.15. The van der Waals surface area contributed by atoms with Gasteiger partial charge in [0.15, 0.2) is 0 Å². The maximum Gasteiger partial charge on any atom is 0.240 e. The summed E-state index contributed by atoms with van der Waals surface area (Å²) in [6, 6.07) is 2.95. The van der Waals surface area contributed by atoms with Crippen LogP contribution in [0.25, 0.3) is 0 Å². The molecule has 6 nitrogen and oxygen atoms in total. The maximum absolute atomic E-state index is 13.3. The number of hydrogen-bond acceptors (Lipinski definition) is 4. The van der Waals surface area contributed by atoms with E-state index in [4.69, 9.17) is 5.11 Å². The highest BCUT2D eigenvalue weighted by molar-refractivity contribution is 7.89. The van der Waals surface area contributed by atoms with Gasteiger partial charge < -0.3 is 9.67 Å². The first-order valence-electron chi connectivity index (χ1n) is 6.30. The Morgan fingerprint density at radius 2 is 2.24 bits per heavy atom. The number of benzene rings is 1. The van der Waals surface area contributed by atoms with Crippen LogP contribution >= 0.6 is 0 Å². The first-order valence-corrected chi connectivity index (χ1v) is 7.78. The predicted molar refractivity (Wildman–Crippen MR) is 74.3 cm³/mol. The summed E-state index contributed by atoms with van der Waals surface area (Å²) in [6.45, 7) is 1.58. The Balaban J connectivity index is 2.14. The molecule has 0 saturated carbocycles. The largest absolute Gasteiger partial charge is 0.392 e. The molecule has 1 atom stereocenters. The Hall–Kier alpha value is -1.77. The number of aromatic nitrogens is 2. The van der Waals surface area contributed by atoms with Crippen LogP contribution in [0.3, 0.4) is 0 Å². The Kier molecular flexibility index (Phi) is 4.71. The van der Waals surface area contributed by atoms with Gasteiger partial charge in [-0.1, -0.05) is 0 Å². The van der Waals surface area contributed by atoms with Gasteiger partial charge in [-0.2, -0.15) is 0 Å². The van der Waals surface area contributed by atoms with Crippen molar-refractivity contribution < 1.29 is 17.9 Å². The molecule has 0 radical (unpaired) electrons. The quantitative estimate of drug-likeness (QED) is 0.829. The van der Waals surface area contributed by atoms with Crippen LogP contribution in [-0.4, -0.2) is 29.1 Å². The summed E-state index contributed by atoms with van der Waals surface area (Å²) in [7, 11) is -3.77. The van der Waals surface area contributed by atoms with Crippen LogP contribution in [-0.2, 0) is 23.2 Å². The molecule has 1 aromatic heterocycles. The van der Waals surface area contributed by atoms with E-state index in [9.17, 15) is 12.8 Å². The fourth-order valence-electron chi connectivity index (χ4n) is 1.92. The summed E-state index contributed by atoms with van der Waals surface area (Å²) >= 11 is 0. The van der Waals surface area contributed by atoms with Gasteiger partial charge in [-0.25, -0.2) is 22.5 Å². The van der Waals surface area contributed by atoms with E-state index in [1.165, 1.54) is 6.07 Å². The average Bonchev–Trinajstić information content (AvgIpc) is 2.91. The molecule has 1 heterocycles. The molecule has 0 fully saturated rings. The monoisotopic (exact) mass is 313 g/mol. The zero-order valence-electron chi connectivity index (χ0n) is 11.4. The van der Waals surface area contributed by atoms with Crippen LogP contribution in [0.4, 0.5) is 4.39 Å². The van der Waals surface area contributed by atoms with Crippen LogP contribution in [0.5, 0.6) is 0 Å². The molecular formula is C13H16FN3O3S. The van der Waals surface area contributed by atoms with Gasteiger partial charge in [0.1, 0.15) is 5.82 Å². The van der Waals surface area contributed by atoms with Crippen molar-refractivity contribution in [3.8, 4) is 0 Å². The van der Waals surface area contributed by atoms with Crippen molar-refractivity contribution in [3.63, 3.8) is 0 Å². The minimum atomic E-state index is -3.77. The van der Waals surface area contributed by atoms with Gasteiger partial charge in [-0.15, -0.1) is 0 Å². The first-order chi connectivity index (χ1) is 9.92. The summed E-state index contributed by atoms with van der Waals surface area (Å²) in [4.78, 5) is 3.80. The molecule has 0 amide bonds. The molecule has 1 unspecified atom stereocenters. The van der Waals surface area contributed by atoms with Crippen molar-refractivity contribution in [2.45, 2.75) is 31.0 Å². The molecular weight excluding hydrogens is 297 g/mol. The normalized spacial score (nSPS) is 13.3. The van der Waals surface area contributed by atoms with Gasteiger partial charge >= 0.3 is 0 Å². The number of sulfonamides is 1. The molecule has 0 aliphatic heterocycles. The molecule has 2 rings (SSSR count). The van der Waals surface area contributed by atoms with E-state index >= 15 is 0 Å². The van der Waals surface area contributed by atoms with E-state index in [0.29, 0.717) is 6.54 Å². The lowest BCUT2D eigenvalue weighted by molar-refractivity contribution is 0.275. The highest BCUT2D eigenvalue weighted by Gasteiger charge is 2.19. The lowest BCUT2D eigenvalue weighted by Gasteiger charge is -2.15. The van der Waals surface area contributed by atoms with Gasteiger partial charge in [-0.05, 0) is 25.1 Å². The second-order valence-corrected chi connectivity index (χ2v) is 6.41. The van der Waals surface area contributed by atoms with Crippen molar-refractivity contribution >= 4 is 10.0 Å². The van der Waals surface area contributed by atoms with Gasteiger partial charge in [0.2, 0.25) is 10.0 Å². The number of aliphatic hydroxyl groups excluding tert-OH is 1. The molecule has 0 saturated heterocycles. The number of halogens is 1. The summed E-state index contributed by atoms with van der Waals surface area (Å²) in [5, 5.41) is 9.00. The molecule has 114 valence electrons. The van der Waals surface area contributed by atoms with Gasteiger partial charge in [0.05, 0.1) is 17.8 Å². The minimum Gasteiger partial charge on any atom is -0.392 e. The molecule has 0 spiro atoms. The van der Waals surface area contributed by atoms with Gasteiger partial charge in [-0.3, -0.25) is 0 Å². The van der Waals surface area contributed by atoms with E-state index in [2.05, 4.69) is 9.71 Å². The molecule has 1 aromatic carbocycles. The van der Waals surface area contributed by atoms with Crippen molar-refractivity contribution in [3.05, 3.63) is 48.3 Å². The third-order valence-corrected chi connectivity index (χ3v) is 4.49. The number of imidazole rings is 1. The summed E-state index contributed by atoms with van der Waals surface area (Å²) in [6.07, 6.45) is 4.92. The topological polar surface area (TPSA) is 84.2 Å². The molecule has 2 aromatic rings.